The van der Waals surface area contributed by atoms with Gasteiger partial charge in [0, 0.05) is 32.9 Å². The largest absolute Gasteiger partial charge is 0.309 e. The van der Waals surface area contributed by atoms with Crippen molar-refractivity contribution in [3.8, 4) is 33.6 Å². The van der Waals surface area contributed by atoms with Gasteiger partial charge in [-0.05, 0) is 91.5 Å². The zero-order valence-corrected chi connectivity index (χ0v) is 35.6. The number of benzene rings is 10. The molecule has 2 nitrogen and oxygen atoms in total. The second-order valence-electron chi connectivity index (χ2n) is 16.4. The SMILES string of the molecule is c1ccc(-c2cccc(-c3cccc4c3c3ccccc3n4-c3ccc4c5ccccc5n(-c5ccc([Si](c6ccccc6)(c6ccccc6)c6ccccc6)cc5)c4c3)c2)cc1. The molecule has 0 saturated carbocycles. The van der Waals surface area contributed by atoms with Crippen LogP contribution in [0.15, 0.2) is 255 Å². The Kier molecular flexibility index (Phi) is 8.87. The summed E-state index contributed by atoms with van der Waals surface area (Å²) >= 11 is 0. The molecule has 0 N–H and O–H groups in total. The standard InChI is InChI=1S/C60H42N2Si/c1-5-19-43(20-6-1)44-21-17-22-45(41-44)52-31-18-34-58-60(52)55-30-14-16-33-57(55)62(58)47-37-40-54-53-29-13-15-32-56(53)61(59(54)42-47)46-35-38-51(39-36-46)63(48-23-7-2-8-24-48,49-25-9-3-10-26-49)50-27-11-4-12-28-50/h1-42H. The van der Waals surface area contributed by atoms with Gasteiger partial charge >= 0.3 is 0 Å². The van der Waals surface area contributed by atoms with Gasteiger partial charge in [-0.2, -0.15) is 0 Å². The van der Waals surface area contributed by atoms with Gasteiger partial charge in [0.2, 0.25) is 0 Å². The minimum Gasteiger partial charge on any atom is -0.309 e. The summed E-state index contributed by atoms with van der Waals surface area (Å²) in [4.78, 5) is 0. The zero-order valence-electron chi connectivity index (χ0n) is 34.6. The maximum absolute atomic E-state index is 2.68. The van der Waals surface area contributed by atoms with Gasteiger partial charge in [0.1, 0.15) is 0 Å². The Balaban J connectivity index is 1.05. The molecule has 3 heteroatoms. The van der Waals surface area contributed by atoms with Crippen molar-refractivity contribution in [2.45, 2.75) is 0 Å². The Hall–Kier alpha value is -7.98. The number of fused-ring (bicyclic) bond motifs is 6. The fraction of sp³-hybridized carbons (Fsp3) is 0. The minimum atomic E-state index is -2.68. The van der Waals surface area contributed by atoms with Crippen LogP contribution in [0.2, 0.25) is 0 Å². The van der Waals surface area contributed by atoms with Crippen LogP contribution in [0.25, 0.3) is 77.2 Å². The van der Waals surface area contributed by atoms with Crippen LogP contribution >= 0.6 is 0 Å². The summed E-state index contributed by atoms with van der Waals surface area (Å²) < 4.78 is 4.92. The molecule has 0 unspecified atom stereocenters. The molecular weight excluding hydrogens is 777 g/mol. The first-order valence-corrected chi connectivity index (χ1v) is 23.8. The molecule has 0 atom stereocenters. The molecule has 0 spiro atoms. The third kappa shape index (κ3) is 5.93. The molecule has 0 aliphatic rings. The van der Waals surface area contributed by atoms with E-state index in [1.807, 2.05) is 0 Å². The molecule has 0 saturated heterocycles. The highest BCUT2D eigenvalue weighted by Gasteiger charge is 2.41. The Bertz CT molecular complexity index is 3490. The number of hydrogen-bond acceptors (Lipinski definition) is 0. The quantitative estimate of drug-likeness (QED) is 0.107. The van der Waals surface area contributed by atoms with Crippen LogP contribution < -0.4 is 20.7 Å². The third-order valence-electron chi connectivity index (χ3n) is 13.1. The first-order valence-electron chi connectivity index (χ1n) is 21.8. The molecule has 12 rings (SSSR count). The molecule has 0 amide bonds. The number of aromatic nitrogens is 2. The van der Waals surface area contributed by atoms with Gasteiger partial charge in [-0.25, -0.2) is 0 Å². The highest BCUT2D eigenvalue weighted by Crippen LogP contribution is 2.41. The average Bonchev–Trinajstić information content (AvgIpc) is 3.88. The number of rotatable bonds is 8. The summed E-state index contributed by atoms with van der Waals surface area (Å²) in [6.45, 7) is 0. The van der Waals surface area contributed by atoms with Crippen molar-refractivity contribution < 1.29 is 0 Å². The second-order valence-corrected chi connectivity index (χ2v) is 20.3. The number of para-hydroxylation sites is 2. The van der Waals surface area contributed by atoms with Crippen molar-refractivity contribution in [3.63, 3.8) is 0 Å². The average molecular weight is 819 g/mol. The van der Waals surface area contributed by atoms with E-state index in [-0.39, 0.29) is 0 Å². The first kappa shape index (κ1) is 36.8. The van der Waals surface area contributed by atoms with Gasteiger partial charge in [0.05, 0.1) is 22.1 Å². The molecule has 10 aromatic carbocycles. The van der Waals surface area contributed by atoms with Crippen molar-refractivity contribution in [2.24, 2.45) is 0 Å². The lowest BCUT2D eigenvalue weighted by molar-refractivity contribution is 1.16. The maximum atomic E-state index is 2.46. The lowest BCUT2D eigenvalue weighted by Gasteiger charge is -2.34. The predicted octanol–water partition coefficient (Wildman–Crippen LogP) is 12.6. The van der Waals surface area contributed by atoms with Crippen LogP contribution in [0.5, 0.6) is 0 Å². The molecule has 296 valence electrons. The smallest absolute Gasteiger partial charge is 0.179 e. The van der Waals surface area contributed by atoms with E-state index >= 15 is 0 Å². The van der Waals surface area contributed by atoms with Crippen molar-refractivity contribution in [1.29, 1.82) is 0 Å². The molecule has 63 heavy (non-hydrogen) atoms. The highest BCUT2D eigenvalue weighted by atomic mass is 28.3. The molecule has 0 radical (unpaired) electrons. The van der Waals surface area contributed by atoms with Crippen molar-refractivity contribution >= 4 is 72.4 Å². The maximum Gasteiger partial charge on any atom is 0.179 e. The van der Waals surface area contributed by atoms with Gasteiger partial charge in [-0.3, -0.25) is 0 Å². The summed E-state index contributed by atoms with van der Waals surface area (Å²) in [7, 11) is -2.68. The van der Waals surface area contributed by atoms with Crippen molar-refractivity contribution in [1.82, 2.24) is 9.13 Å². The molecule has 12 aromatic rings. The van der Waals surface area contributed by atoms with Crippen LogP contribution in [-0.2, 0) is 0 Å². The fourth-order valence-electron chi connectivity index (χ4n) is 10.3. The monoisotopic (exact) mass is 818 g/mol. The van der Waals surface area contributed by atoms with Gasteiger partial charge < -0.3 is 9.13 Å². The van der Waals surface area contributed by atoms with E-state index in [4.69, 9.17) is 0 Å². The molecule has 2 heterocycles. The summed E-state index contributed by atoms with van der Waals surface area (Å²) in [5, 5.41) is 10.4. The van der Waals surface area contributed by atoms with E-state index < -0.39 is 8.07 Å². The predicted molar refractivity (Wildman–Crippen MR) is 270 cm³/mol. The van der Waals surface area contributed by atoms with Crippen LogP contribution in [-0.4, -0.2) is 17.2 Å². The number of hydrogen-bond donors (Lipinski definition) is 0. The van der Waals surface area contributed by atoms with E-state index in [2.05, 4.69) is 264 Å². The molecule has 0 aliphatic heterocycles. The second kappa shape index (κ2) is 15.2. The first-order chi connectivity index (χ1) is 31.3. The van der Waals surface area contributed by atoms with Gasteiger partial charge in [0.25, 0.3) is 0 Å². The topological polar surface area (TPSA) is 9.86 Å². The van der Waals surface area contributed by atoms with Gasteiger partial charge in [0.15, 0.2) is 8.07 Å². The molecule has 2 aromatic heterocycles. The van der Waals surface area contributed by atoms with Crippen molar-refractivity contribution in [3.05, 3.63) is 255 Å². The van der Waals surface area contributed by atoms with E-state index in [0.29, 0.717) is 0 Å². The summed E-state index contributed by atoms with van der Waals surface area (Å²) in [6.07, 6.45) is 0. The van der Waals surface area contributed by atoms with Gasteiger partial charge in [-0.15, -0.1) is 0 Å². The number of nitrogens with zero attached hydrogens (tertiary/aromatic N) is 2. The Labute approximate surface area is 368 Å². The Morgan fingerprint density at radius 1 is 0.254 bits per heavy atom. The summed E-state index contributed by atoms with van der Waals surface area (Å²) in [5.41, 5.74) is 11.9. The lowest BCUT2D eigenvalue weighted by Crippen LogP contribution is -2.74. The van der Waals surface area contributed by atoms with E-state index in [1.165, 1.54) is 86.6 Å². The fourth-order valence-corrected chi connectivity index (χ4v) is 15.1. The summed E-state index contributed by atoms with van der Waals surface area (Å²) in [5.74, 6) is 0. The normalized spacial score (nSPS) is 11.8. The van der Waals surface area contributed by atoms with Gasteiger partial charge in [-0.1, -0.05) is 206 Å². The van der Waals surface area contributed by atoms with Crippen LogP contribution in [0.3, 0.4) is 0 Å². The molecular formula is C60H42N2Si. The van der Waals surface area contributed by atoms with E-state index in [0.717, 1.165) is 11.4 Å². The van der Waals surface area contributed by atoms with E-state index in [9.17, 15) is 0 Å². The third-order valence-corrected chi connectivity index (χ3v) is 17.9. The van der Waals surface area contributed by atoms with Crippen LogP contribution in [0.1, 0.15) is 0 Å². The lowest BCUT2D eigenvalue weighted by atomic mass is 9.96. The Morgan fingerprint density at radius 3 is 1.35 bits per heavy atom. The molecule has 0 bridgehead atoms. The zero-order chi connectivity index (χ0) is 41.7. The van der Waals surface area contributed by atoms with Crippen molar-refractivity contribution in [2.75, 3.05) is 0 Å². The summed E-state index contributed by atoms with van der Waals surface area (Å²) in [6, 6.07) is 94.1. The van der Waals surface area contributed by atoms with E-state index in [1.54, 1.807) is 0 Å². The minimum absolute atomic E-state index is 1.13. The highest BCUT2D eigenvalue weighted by molar-refractivity contribution is 7.19. The molecule has 0 fully saturated rings. The van der Waals surface area contributed by atoms with Crippen LogP contribution in [0, 0.1) is 0 Å². The Morgan fingerprint density at radius 2 is 0.698 bits per heavy atom. The molecule has 0 aliphatic carbocycles. The van der Waals surface area contributed by atoms with Crippen LogP contribution in [0.4, 0.5) is 0 Å².